The molecule has 7 nitrogen and oxygen atoms in total. The van der Waals surface area contributed by atoms with E-state index in [1.165, 1.54) is 0 Å². The average Bonchev–Trinajstić information content (AvgIpc) is 3.26. The van der Waals surface area contributed by atoms with Gasteiger partial charge in [-0.3, -0.25) is 14.4 Å². The molecule has 1 spiro atoms. The number of aliphatic hydroxyl groups excluding tert-OH is 1. The molecule has 208 valence electrons. The Morgan fingerprint density at radius 3 is 2.55 bits per heavy atom. The minimum Gasteiger partial charge on any atom is -0.396 e. The summed E-state index contributed by atoms with van der Waals surface area (Å²) in [6.45, 7) is 5.55. The van der Waals surface area contributed by atoms with E-state index in [1.807, 2.05) is 85.5 Å². The van der Waals surface area contributed by atoms with Crippen molar-refractivity contribution in [3.63, 3.8) is 0 Å². The molecule has 0 aliphatic carbocycles. The smallest absolute Gasteiger partial charge is 0.251 e. The van der Waals surface area contributed by atoms with Crippen LogP contribution in [-0.4, -0.2) is 74.9 Å². The maximum atomic E-state index is 14.5. The summed E-state index contributed by atoms with van der Waals surface area (Å²) >= 11 is 1.59. The van der Waals surface area contributed by atoms with Gasteiger partial charge < -0.3 is 19.8 Å². The number of anilines is 1. The molecular formula is C32H35N3O4S. The first-order valence-corrected chi connectivity index (χ1v) is 14.9. The van der Waals surface area contributed by atoms with Crippen LogP contribution < -0.4 is 4.90 Å². The van der Waals surface area contributed by atoms with Gasteiger partial charge in [-0.15, -0.1) is 11.8 Å². The van der Waals surface area contributed by atoms with E-state index in [2.05, 4.69) is 6.08 Å². The molecule has 0 radical (unpaired) electrons. The zero-order chi connectivity index (χ0) is 28.0. The molecule has 2 fully saturated rings. The van der Waals surface area contributed by atoms with E-state index < -0.39 is 22.6 Å². The summed E-state index contributed by atoms with van der Waals surface area (Å²) in [6, 6.07) is 15.2. The first-order valence-electron chi connectivity index (χ1n) is 14.0. The first-order chi connectivity index (χ1) is 19.4. The van der Waals surface area contributed by atoms with E-state index in [1.54, 1.807) is 21.6 Å². The van der Waals surface area contributed by atoms with Crippen LogP contribution in [0, 0.1) is 25.7 Å². The molecule has 1 unspecified atom stereocenters. The molecule has 6 rings (SSSR count). The largest absolute Gasteiger partial charge is 0.396 e. The van der Waals surface area contributed by atoms with Crippen LogP contribution in [0.15, 0.2) is 72.8 Å². The lowest BCUT2D eigenvalue weighted by molar-refractivity contribution is -0.143. The number of aliphatic hydroxyl groups is 1. The van der Waals surface area contributed by atoms with Crippen LogP contribution >= 0.6 is 11.8 Å². The molecule has 1 N–H and O–H groups in total. The van der Waals surface area contributed by atoms with E-state index >= 15 is 0 Å². The van der Waals surface area contributed by atoms with Crippen LogP contribution in [0.1, 0.15) is 23.1 Å². The fourth-order valence-corrected chi connectivity index (χ4v) is 8.85. The summed E-state index contributed by atoms with van der Waals surface area (Å²) in [6.07, 6.45) is 8.52. The highest BCUT2D eigenvalue weighted by Gasteiger charge is 2.71. The van der Waals surface area contributed by atoms with Gasteiger partial charge in [0.15, 0.2) is 0 Å². The maximum absolute atomic E-state index is 14.5. The zero-order valence-corrected chi connectivity index (χ0v) is 23.7. The Kier molecular flexibility index (Phi) is 7.09. The molecule has 0 bridgehead atoms. The normalized spacial score (nSPS) is 29.4. The molecule has 8 heteroatoms. The van der Waals surface area contributed by atoms with Gasteiger partial charge in [-0.25, -0.2) is 0 Å². The Morgan fingerprint density at radius 1 is 0.975 bits per heavy atom. The Morgan fingerprint density at radius 2 is 1.77 bits per heavy atom. The van der Waals surface area contributed by atoms with Gasteiger partial charge in [-0.05, 0) is 43.0 Å². The minimum atomic E-state index is -0.860. The highest BCUT2D eigenvalue weighted by atomic mass is 32.2. The summed E-state index contributed by atoms with van der Waals surface area (Å²) in [5.74, 6) is -1.55. The van der Waals surface area contributed by atoms with Crippen molar-refractivity contribution < 1.29 is 19.5 Å². The van der Waals surface area contributed by atoms with Gasteiger partial charge in [0.25, 0.3) is 5.91 Å². The van der Waals surface area contributed by atoms with E-state index in [9.17, 15) is 19.5 Å². The third-order valence-corrected chi connectivity index (χ3v) is 10.4. The molecule has 40 heavy (non-hydrogen) atoms. The van der Waals surface area contributed by atoms with Crippen molar-refractivity contribution in [2.75, 3.05) is 31.1 Å². The van der Waals surface area contributed by atoms with Crippen LogP contribution in [0.5, 0.6) is 0 Å². The van der Waals surface area contributed by atoms with Crippen LogP contribution in [0.3, 0.4) is 0 Å². The summed E-state index contributed by atoms with van der Waals surface area (Å²) < 4.78 is -0.860. The van der Waals surface area contributed by atoms with Crippen molar-refractivity contribution >= 4 is 35.2 Å². The van der Waals surface area contributed by atoms with Gasteiger partial charge in [0.05, 0.1) is 16.6 Å². The Bertz CT molecular complexity index is 1390. The number of fused-ring (bicyclic) bond motifs is 2. The number of hydrogen-bond donors (Lipinski definition) is 1. The molecule has 0 saturated carbocycles. The van der Waals surface area contributed by atoms with Crippen LogP contribution in [0.2, 0.25) is 0 Å². The highest BCUT2D eigenvalue weighted by molar-refractivity contribution is 8.02. The summed E-state index contributed by atoms with van der Waals surface area (Å²) in [7, 11) is 0. The second kappa shape index (κ2) is 10.6. The summed E-state index contributed by atoms with van der Waals surface area (Å²) in [5.41, 5.74) is 3.93. The Labute approximate surface area is 239 Å². The fraction of sp³-hybridized carbons (Fsp3) is 0.406. The van der Waals surface area contributed by atoms with Crippen molar-refractivity contribution in [3.8, 4) is 0 Å². The lowest BCUT2D eigenvalue weighted by atomic mass is 9.78. The molecular weight excluding hydrogens is 522 g/mol. The SMILES string of the molecule is Cc1ccc(C)c(N2CC=C[C@]34S[C@@H]5C=CCN(Cc6ccccc6)C(=O)[C@@H]5[C@H]3C(=O)N(CCCO)C4C2=O)c1. The Hall–Kier alpha value is -3.36. The van der Waals surface area contributed by atoms with Crippen molar-refractivity contribution in [2.45, 2.75) is 42.9 Å². The predicted octanol–water partition coefficient (Wildman–Crippen LogP) is 3.48. The second-order valence-electron chi connectivity index (χ2n) is 11.2. The van der Waals surface area contributed by atoms with Crippen LogP contribution in [-0.2, 0) is 20.9 Å². The van der Waals surface area contributed by atoms with Crippen LogP contribution in [0.25, 0.3) is 0 Å². The lowest BCUT2D eigenvalue weighted by Gasteiger charge is -2.35. The molecule has 3 amide bonds. The molecule has 4 aliphatic heterocycles. The van der Waals surface area contributed by atoms with Crippen molar-refractivity contribution in [1.82, 2.24) is 9.80 Å². The maximum Gasteiger partial charge on any atom is 0.251 e. The molecule has 4 aliphatic rings. The molecule has 2 aromatic carbocycles. The third-order valence-electron chi connectivity index (χ3n) is 8.67. The van der Waals surface area contributed by atoms with E-state index in [-0.39, 0.29) is 36.1 Å². The number of rotatable bonds is 6. The number of carbonyl (C=O) groups is 3. The number of amides is 3. The molecule has 0 aromatic heterocycles. The van der Waals surface area contributed by atoms with E-state index in [4.69, 9.17) is 0 Å². The number of nitrogens with zero attached hydrogens (tertiary/aromatic N) is 3. The minimum absolute atomic E-state index is 0.0409. The van der Waals surface area contributed by atoms with Gasteiger partial charge in [-0.1, -0.05) is 66.8 Å². The lowest BCUT2D eigenvalue weighted by Crippen LogP contribution is -2.53. The molecule has 5 atom stereocenters. The van der Waals surface area contributed by atoms with Crippen LogP contribution in [0.4, 0.5) is 5.69 Å². The van der Waals surface area contributed by atoms with Crippen molar-refractivity contribution in [3.05, 3.63) is 89.5 Å². The predicted molar refractivity (Wildman–Crippen MR) is 157 cm³/mol. The van der Waals surface area contributed by atoms with Gasteiger partial charge in [0.1, 0.15) is 6.04 Å². The molecule has 2 aromatic rings. The van der Waals surface area contributed by atoms with E-state index in [0.29, 0.717) is 26.1 Å². The van der Waals surface area contributed by atoms with Gasteiger partial charge in [-0.2, -0.15) is 0 Å². The summed E-state index contributed by atoms with van der Waals surface area (Å²) in [5, 5.41) is 9.45. The molecule has 2 saturated heterocycles. The number of thioether (sulfide) groups is 1. The monoisotopic (exact) mass is 557 g/mol. The first kappa shape index (κ1) is 26.8. The number of benzene rings is 2. The summed E-state index contributed by atoms with van der Waals surface area (Å²) in [4.78, 5) is 48.3. The average molecular weight is 558 g/mol. The second-order valence-corrected chi connectivity index (χ2v) is 12.7. The van der Waals surface area contributed by atoms with E-state index in [0.717, 1.165) is 22.4 Å². The third kappa shape index (κ3) is 4.29. The topological polar surface area (TPSA) is 81.2 Å². The highest BCUT2D eigenvalue weighted by Crippen LogP contribution is 2.61. The Balaban J connectivity index is 1.41. The molecule has 4 heterocycles. The fourth-order valence-electron chi connectivity index (χ4n) is 6.84. The van der Waals surface area contributed by atoms with Crippen molar-refractivity contribution in [1.29, 1.82) is 0 Å². The number of likely N-dealkylation sites (tertiary alicyclic amines) is 1. The standard InChI is InChI=1S/C32H35N3O4S/c1-21-12-13-22(2)24(19-21)34-16-7-14-32-27(30(38)35(17-8-18-36)28(32)31(34)39)26-25(40-32)11-6-15-33(29(26)37)20-23-9-4-3-5-10-23/h3-7,9-14,19,25-28,36H,8,15-18,20H2,1-2H3/t25-,26+,27+,28?,32+/m1/s1. The number of aryl methyl sites for hydroxylation is 2. The van der Waals surface area contributed by atoms with Gasteiger partial charge in [0.2, 0.25) is 11.8 Å². The number of carbonyl (C=O) groups excluding carboxylic acids is 3. The zero-order valence-electron chi connectivity index (χ0n) is 22.9. The van der Waals surface area contributed by atoms with Gasteiger partial charge in [0, 0.05) is 43.7 Å². The quantitative estimate of drug-likeness (QED) is 0.550. The van der Waals surface area contributed by atoms with Crippen molar-refractivity contribution in [2.24, 2.45) is 11.8 Å². The van der Waals surface area contributed by atoms with Gasteiger partial charge >= 0.3 is 0 Å². The number of hydrogen-bond acceptors (Lipinski definition) is 5.